The van der Waals surface area contributed by atoms with Crippen molar-refractivity contribution in [2.45, 2.75) is 6.42 Å². The third kappa shape index (κ3) is 2.98. The summed E-state index contributed by atoms with van der Waals surface area (Å²) in [6.07, 6.45) is 2.64. The maximum absolute atomic E-state index is 9.08. The molecule has 0 aromatic heterocycles. The van der Waals surface area contributed by atoms with Crippen LogP contribution in [-0.2, 0) is 0 Å². The molecule has 0 aliphatic carbocycles. The van der Waals surface area contributed by atoms with Crippen molar-refractivity contribution < 1.29 is 9.84 Å². The first-order valence-corrected chi connectivity index (χ1v) is 4.46. The minimum atomic E-state index is 0.0719. The lowest BCUT2D eigenvalue weighted by atomic mass is 10.2. The number of hydrogen-bond acceptors (Lipinski definition) is 2. The van der Waals surface area contributed by atoms with Crippen molar-refractivity contribution in [3.8, 4) is 5.75 Å². The van der Waals surface area contributed by atoms with Crippen molar-refractivity contribution in [1.82, 2.24) is 0 Å². The third-order valence-corrected chi connectivity index (χ3v) is 1.78. The SMILES string of the molecule is C=CCCOc1ccc(C(=C)O)cc1. The molecule has 74 valence electrons. The van der Waals surface area contributed by atoms with Gasteiger partial charge in [-0.25, -0.2) is 0 Å². The minimum absolute atomic E-state index is 0.0719. The van der Waals surface area contributed by atoms with E-state index in [1.54, 1.807) is 24.3 Å². The Kier molecular flexibility index (Phi) is 3.80. The van der Waals surface area contributed by atoms with E-state index in [1.165, 1.54) is 0 Å². The van der Waals surface area contributed by atoms with Gasteiger partial charge in [0.2, 0.25) is 0 Å². The number of ether oxygens (including phenoxy) is 1. The van der Waals surface area contributed by atoms with E-state index < -0.39 is 0 Å². The molecule has 0 atom stereocenters. The average molecular weight is 190 g/mol. The van der Waals surface area contributed by atoms with Crippen LogP contribution in [0, 0.1) is 0 Å². The molecule has 0 amide bonds. The highest BCUT2D eigenvalue weighted by atomic mass is 16.5. The monoisotopic (exact) mass is 190 g/mol. The highest BCUT2D eigenvalue weighted by Gasteiger charge is 1.96. The lowest BCUT2D eigenvalue weighted by Gasteiger charge is -2.04. The normalized spacial score (nSPS) is 9.43. The van der Waals surface area contributed by atoms with Gasteiger partial charge in [0.15, 0.2) is 0 Å². The Morgan fingerprint density at radius 1 is 1.36 bits per heavy atom. The summed E-state index contributed by atoms with van der Waals surface area (Å²) in [5, 5.41) is 9.08. The second-order valence-electron chi connectivity index (χ2n) is 2.90. The molecule has 0 aliphatic rings. The molecule has 0 heterocycles. The van der Waals surface area contributed by atoms with Crippen molar-refractivity contribution in [3.63, 3.8) is 0 Å². The number of hydrogen-bond donors (Lipinski definition) is 1. The van der Waals surface area contributed by atoms with Crippen LogP contribution < -0.4 is 4.74 Å². The van der Waals surface area contributed by atoms with Crippen LogP contribution in [0.25, 0.3) is 5.76 Å². The Morgan fingerprint density at radius 2 is 2.00 bits per heavy atom. The van der Waals surface area contributed by atoms with E-state index in [0.717, 1.165) is 12.2 Å². The van der Waals surface area contributed by atoms with Crippen LogP contribution in [-0.4, -0.2) is 11.7 Å². The van der Waals surface area contributed by atoms with E-state index in [0.29, 0.717) is 12.2 Å². The van der Waals surface area contributed by atoms with Gasteiger partial charge in [0.25, 0.3) is 0 Å². The van der Waals surface area contributed by atoms with Crippen LogP contribution in [0.1, 0.15) is 12.0 Å². The van der Waals surface area contributed by atoms with Gasteiger partial charge in [-0.3, -0.25) is 0 Å². The standard InChI is InChI=1S/C12H14O2/c1-3-4-9-14-12-7-5-11(6-8-12)10(2)13/h3,5-8,13H,1-2,4,9H2. The summed E-state index contributed by atoms with van der Waals surface area (Å²) in [7, 11) is 0. The molecule has 0 bridgehead atoms. The maximum atomic E-state index is 9.08. The van der Waals surface area contributed by atoms with Crippen LogP contribution in [0.5, 0.6) is 5.75 Å². The molecule has 0 aliphatic heterocycles. The van der Waals surface area contributed by atoms with Gasteiger partial charge >= 0.3 is 0 Å². The van der Waals surface area contributed by atoms with E-state index >= 15 is 0 Å². The summed E-state index contributed by atoms with van der Waals surface area (Å²) in [6, 6.07) is 7.15. The lowest BCUT2D eigenvalue weighted by molar-refractivity contribution is 0.325. The number of aliphatic hydroxyl groups excluding tert-OH is 1. The fourth-order valence-corrected chi connectivity index (χ4v) is 1.00. The van der Waals surface area contributed by atoms with Gasteiger partial charge in [-0.1, -0.05) is 12.7 Å². The summed E-state index contributed by atoms with van der Waals surface area (Å²) < 4.78 is 5.40. The molecule has 0 unspecified atom stereocenters. The predicted molar refractivity (Wildman–Crippen MR) is 58.4 cm³/mol. The summed E-state index contributed by atoms with van der Waals surface area (Å²) in [5.74, 6) is 0.861. The molecule has 0 spiro atoms. The second-order valence-corrected chi connectivity index (χ2v) is 2.90. The Labute approximate surface area is 84.1 Å². The van der Waals surface area contributed by atoms with Crippen LogP contribution >= 0.6 is 0 Å². The van der Waals surface area contributed by atoms with E-state index in [2.05, 4.69) is 13.2 Å². The Bertz CT molecular complexity index is 312. The predicted octanol–water partition coefficient (Wildman–Crippen LogP) is 3.17. The smallest absolute Gasteiger partial charge is 0.119 e. The first-order valence-electron chi connectivity index (χ1n) is 4.46. The number of aliphatic hydroxyl groups is 1. The van der Waals surface area contributed by atoms with Crippen LogP contribution in [0.3, 0.4) is 0 Å². The molecule has 1 aromatic carbocycles. The van der Waals surface area contributed by atoms with Gasteiger partial charge in [-0.15, -0.1) is 6.58 Å². The zero-order chi connectivity index (χ0) is 10.4. The van der Waals surface area contributed by atoms with Gasteiger partial charge in [-0.2, -0.15) is 0 Å². The van der Waals surface area contributed by atoms with Crippen molar-refractivity contribution in [2.75, 3.05) is 6.61 Å². The molecule has 0 radical (unpaired) electrons. The van der Waals surface area contributed by atoms with Crippen molar-refractivity contribution >= 4 is 5.76 Å². The Morgan fingerprint density at radius 3 is 2.50 bits per heavy atom. The highest BCUT2D eigenvalue weighted by molar-refractivity contribution is 5.56. The van der Waals surface area contributed by atoms with E-state index in [4.69, 9.17) is 9.84 Å². The fourth-order valence-electron chi connectivity index (χ4n) is 1.00. The Balaban J connectivity index is 2.55. The molecular formula is C12H14O2. The van der Waals surface area contributed by atoms with Crippen molar-refractivity contribution in [2.24, 2.45) is 0 Å². The molecular weight excluding hydrogens is 176 g/mol. The molecule has 0 fully saturated rings. The van der Waals surface area contributed by atoms with Gasteiger partial charge < -0.3 is 9.84 Å². The number of rotatable bonds is 5. The van der Waals surface area contributed by atoms with E-state index in [1.807, 2.05) is 6.08 Å². The van der Waals surface area contributed by atoms with Crippen LogP contribution in [0.15, 0.2) is 43.5 Å². The fraction of sp³-hybridized carbons (Fsp3) is 0.167. The van der Waals surface area contributed by atoms with Crippen molar-refractivity contribution in [3.05, 3.63) is 49.1 Å². The summed E-state index contributed by atoms with van der Waals surface area (Å²) in [6.45, 7) is 7.66. The molecule has 1 N–H and O–H groups in total. The topological polar surface area (TPSA) is 29.5 Å². The first kappa shape index (κ1) is 10.4. The molecule has 2 nitrogen and oxygen atoms in total. The van der Waals surface area contributed by atoms with Crippen LogP contribution in [0.4, 0.5) is 0 Å². The summed E-state index contributed by atoms with van der Waals surface area (Å²) >= 11 is 0. The van der Waals surface area contributed by atoms with E-state index in [-0.39, 0.29) is 5.76 Å². The third-order valence-electron chi connectivity index (χ3n) is 1.78. The zero-order valence-corrected chi connectivity index (χ0v) is 8.07. The molecule has 0 saturated carbocycles. The maximum Gasteiger partial charge on any atom is 0.119 e. The second kappa shape index (κ2) is 5.12. The largest absolute Gasteiger partial charge is 0.508 e. The lowest BCUT2D eigenvalue weighted by Crippen LogP contribution is -1.95. The highest BCUT2D eigenvalue weighted by Crippen LogP contribution is 2.15. The molecule has 1 rings (SSSR count). The van der Waals surface area contributed by atoms with Gasteiger partial charge in [0.05, 0.1) is 6.61 Å². The zero-order valence-electron chi connectivity index (χ0n) is 8.07. The van der Waals surface area contributed by atoms with Gasteiger partial charge in [0, 0.05) is 5.56 Å². The quantitative estimate of drug-likeness (QED) is 0.439. The minimum Gasteiger partial charge on any atom is -0.508 e. The molecule has 14 heavy (non-hydrogen) atoms. The van der Waals surface area contributed by atoms with Gasteiger partial charge in [0.1, 0.15) is 11.5 Å². The summed E-state index contributed by atoms with van der Waals surface area (Å²) in [5.41, 5.74) is 0.709. The first-order chi connectivity index (χ1) is 6.74. The molecule has 2 heteroatoms. The average Bonchev–Trinajstić information content (AvgIpc) is 2.19. The molecule has 0 saturated heterocycles. The summed E-state index contributed by atoms with van der Waals surface area (Å²) in [4.78, 5) is 0. The number of benzene rings is 1. The van der Waals surface area contributed by atoms with Gasteiger partial charge in [-0.05, 0) is 30.7 Å². The van der Waals surface area contributed by atoms with Crippen LogP contribution in [0.2, 0.25) is 0 Å². The van der Waals surface area contributed by atoms with Crippen molar-refractivity contribution in [1.29, 1.82) is 0 Å². The molecule has 1 aromatic rings. The van der Waals surface area contributed by atoms with E-state index in [9.17, 15) is 0 Å². The Hall–Kier alpha value is -1.70.